The van der Waals surface area contributed by atoms with Crippen LogP contribution in [0.4, 0.5) is 4.39 Å². The van der Waals surface area contributed by atoms with Gasteiger partial charge in [0, 0.05) is 19.2 Å². The van der Waals surface area contributed by atoms with Crippen molar-refractivity contribution >= 4 is 0 Å². The molecule has 1 aromatic carbocycles. The van der Waals surface area contributed by atoms with E-state index in [1.165, 1.54) is 24.3 Å². The minimum atomic E-state index is -0.641. The maximum absolute atomic E-state index is 12.7. The van der Waals surface area contributed by atoms with Crippen molar-refractivity contribution in [3.05, 3.63) is 30.1 Å². The number of halogens is 1. The van der Waals surface area contributed by atoms with Gasteiger partial charge in [0.25, 0.3) is 0 Å². The first-order valence-electron chi connectivity index (χ1n) is 6.56. The number of ether oxygens (including phenoxy) is 1. The van der Waals surface area contributed by atoms with Crippen LogP contribution in [0.15, 0.2) is 24.3 Å². The van der Waals surface area contributed by atoms with Crippen molar-refractivity contribution in [3.8, 4) is 5.75 Å². The van der Waals surface area contributed by atoms with E-state index in [1.54, 1.807) is 0 Å². The first-order valence-corrected chi connectivity index (χ1v) is 6.56. The second kappa shape index (κ2) is 8.85. The molecule has 0 amide bonds. The molecule has 0 radical (unpaired) electrons. The van der Waals surface area contributed by atoms with Gasteiger partial charge in [-0.15, -0.1) is 0 Å². The van der Waals surface area contributed by atoms with E-state index in [9.17, 15) is 9.50 Å². The van der Waals surface area contributed by atoms with E-state index in [0.29, 0.717) is 18.7 Å². The summed E-state index contributed by atoms with van der Waals surface area (Å²) in [6.45, 7) is 2.70. The summed E-state index contributed by atoms with van der Waals surface area (Å²) < 4.78 is 18.0. The van der Waals surface area contributed by atoms with Crippen LogP contribution in [0.1, 0.15) is 19.8 Å². The van der Waals surface area contributed by atoms with Gasteiger partial charge in [-0.1, -0.05) is 6.92 Å². The van der Waals surface area contributed by atoms with Crippen LogP contribution in [-0.2, 0) is 0 Å². The van der Waals surface area contributed by atoms with E-state index >= 15 is 0 Å². The molecular weight excluding hydrogens is 249 g/mol. The van der Waals surface area contributed by atoms with Gasteiger partial charge in [-0.05, 0) is 37.1 Å². The Hall–Kier alpha value is -1.17. The first-order chi connectivity index (χ1) is 9.15. The largest absolute Gasteiger partial charge is 0.491 e. The number of hydrogen-bond acceptors (Lipinski definition) is 4. The van der Waals surface area contributed by atoms with Crippen LogP contribution in [0.2, 0.25) is 0 Å². The second-order valence-corrected chi connectivity index (χ2v) is 4.44. The highest BCUT2D eigenvalue weighted by atomic mass is 19.1. The van der Waals surface area contributed by atoms with Crippen molar-refractivity contribution in [1.29, 1.82) is 0 Å². The molecule has 5 heteroatoms. The van der Waals surface area contributed by atoms with Gasteiger partial charge < -0.3 is 20.3 Å². The molecule has 0 aliphatic carbocycles. The Labute approximate surface area is 113 Å². The first kappa shape index (κ1) is 15.9. The fraction of sp³-hybridized carbons (Fsp3) is 0.571. The van der Waals surface area contributed by atoms with E-state index in [4.69, 9.17) is 9.84 Å². The Morgan fingerprint density at radius 2 is 2.00 bits per heavy atom. The number of benzene rings is 1. The van der Waals surface area contributed by atoms with Crippen LogP contribution in [0, 0.1) is 5.82 Å². The molecule has 0 fully saturated rings. The third kappa shape index (κ3) is 6.52. The summed E-state index contributed by atoms with van der Waals surface area (Å²) in [5.74, 6) is 0.215. The average Bonchev–Trinajstić information content (AvgIpc) is 2.42. The van der Waals surface area contributed by atoms with Gasteiger partial charge in [-0.2, -0.15) is 0 Å². The molecule has 0 bridgehead atoms. The molecule has 0 heterocycles. The Balaban J connectivity index is 2.23. The lowest BCUT2D eigenvalue weighted by Gasteiger charge is -2.19. The van der Waals surface area contributed by atoms with Crippen LogP contribution in [0.5, 0.6) is 5.75 Å². The highest BCUT2D eigenvalue weighted by Gasteiger charge is 2.09. The van der Waals surface area contributed by atoms with Crippen LogP contribution in [0.3, 0.4) is 0 Å². The van der Waals surface area contributed by atoms with Gasteiger partial charge in [0.15, 0.2) is 0 Å². The van der Waals surface area contributed by atoms with Crippen LogP contribution in [-0.4, -0.2) is 42.1 Å². The minimum absolute atomic E-state index is 0.133. The van der Waals surface area contributed by atoms with E-state index in [1.807, 2.05) is 6.92 Å². The monoisotopic (exact) mass is 271 g/mol. The summed E-state index contributed by atoms with van der Waals surface area (Å²) in [5.41, 5.74) is 0. The smallest absolute Gasteiger partial charge is 0.123 e. The number of rotatable bonds is 9. The van der Waals surface area contributed by atoms with Crippen molar-refractivity contribution in [2.45, 2.75) is 31.9 Å². The van der Waals surface area contributed by atoms with Gasteiger partial charge in [0.2, 0.25) is 0 Å². The van der Waals surface area contributed by atoms with Gasteiger partial charge in [0.05, 0.1) is 0 Å². The molecule has 0 aromatic heterocycles. The molecule has 0 saturated carbocycles. The maximum Gasteiger partial charge on any atom is 0.123 e. The van der Waals surface area contributed by atoms with Crippen molar-refractivity contribution in [2.24, 2.45) is 0 Å². The Morgan fingerprint density at radius 1 is 1.32 bits per heavy atom. The molecule has 1 rings (SSSR count). The van der Waals surface area contributed by atoms with Crippen molar-refractivity contribution < 1.29 is 19.3 Å². The maximum atomic E-state index is 12.7. The molecular formula is C14H22FNO3. The number of nitrogens with one attached hydrogen (secondary N) is 1. The predicted molar refractivity (Wildman–Crippen MR) is 71.7 cm³/mol. The molecule has 3 N–H and O–H groups in total. The summed E-state index contributed by atoms with van der Waals surface area (Å²) in [4.78, 5) is 0. The van der Waals surface area contributed by atoms with Crippen molar-refractivity contribution in [2.75, 3.05) is 19.8 Å². The van der Waals surface area contributed by atoms with Crippen molar-refractivity contribution in [3.63, 3.8) is 0 Å². The lowest BCUT2D eigenvalue weighted by Crippen LogP contribution is -2.38. The summed E-state index contributed by atoms with van der Waals surface area (Å²) in [6.07, 6.45) is 0.923. The van der Waals surface area contributed by atoms with E-state index in [2.05, 4.69) is 5.32 Å². The molecule has 1 aromatic rings. The van der Waals surface area contributed by atoms with Gasteiger partial charge in [-0.3, -0.25) is 0 Å². The third-order valence-electron chi connectivity index (χ3n) is 2.87. The predicted octanol–water partition coefficient (Wildman–Crippen LogP) is 1.32. The molecule has 0 spiro atoms. The molecule has 0 aliphatic heterocycles. The Bertz CT molecular complexity index is 345. The zero-order valence-corrected chi connectivity index (χ0v) is 11.2. The van der Waals surface area contributed by atoms with Crippen molar-refractivity contribution in [1.82, 2.24) is 5.32 Å². The summed E-state index contributed by atoms with van der Waals surface area (Å²) in [7, 11) is 0. The summed E-state index contributed by atoms with van der Waals surface area (Å²) >= 11 is 0. The molecule has 108 valence electrons. The Kier molecular flexibility index (Phi) is 7.40. The molecule has 2 atom stereocenters. The lowest BCUT2D eigenvalue weighted by atomic mass is 10.1. The highest BCUT2D eigenvalue weighted by Crippen LogP contribution is 2.11. The molecule has 0 saturated heterocycles. The highest BCUT2D eigenvalue weighted by molar-refractivity contribution is 5.22. The summed E-state index contributed by atoms with van der Waals surface area (Å²) in [6, 6.07) is 5.87. The zero-order chi connectivity index (χ0) is 14.1. The normalized spacial score (nSPS) is 14.1. The molecule has 0 aliphatic rings. The summed E-state index contributed by atoms with van der Waals surface area (Å²) in [5, 5.41) is 21.8. The van der Waals surface area contributed by atoms with Crippen LogP contribution < -0.4 is 10.1 Å². The van der Waals surface area contributed by atoms with Gasteiger partial charge >= 0.3 is 0 Å². The van der Waals surface area contributed by atoms with Crippen LogP contribution >= 0.6 is 0 Å². The lowest BCUT2D eigenvalue weighted by molar-refractivity contribution is 0.102. The third-order valence-corrected chi connectivity index (χ3v) is 2.87. The van der Waals surface area contributed by atoms with E-state index in [0.717, 1.165) is 6.42 Å². The SMILES string of the molecule is CCC(CCO)NCC(O)COc1ccc(F)cc1. The fourth-order valence-electron chi connectivity index (χ4n) is 1.69. The quantitative estimate of drug-likeness (QED) is 0.634. The molecule has 4 nitrogen and oxygen atoms in total. The standard InChI is InChI=1S/C14H22FNO3/c1-2-12(7-8-17)16-9-13(18)10-19-14-5-3-11(15)4-6-14/h3-6,12-13,16-18H,2,7-10H2,1H3. The van der Waals surface area contributed by atoms with E-state index < -0.39 is 6.10 Å². The topological polar surface area (TPSA) is 61.7 Å². The molecule has 2 unspecified atom stereocenters. The fourth-order valence-corrected chi connectivity index (χ4v) is 1.69. The minimum Gasteiger partial charge on any atom is -0.491 e. The average molecular weight is 271 g/mol. The van der Waals surface area contributed by atoms with Gasteiger partial charge in [0.1, 0.15) is 24.3 Å². The second-order valence-electron chi connectivity index (χ2n) is 4.44. The number of aliphatic hydroxyl groups excluding tert-OH is 2. The van der Waals surface area contributed by atoms with Crippen LogP contribution in [0.25, 0.3) is 0 Å². The number of hydrogen-bond donors (Lipinski definition) is 3. The van der Waals surface area contributed by atoms with Gasteiger partial charge in [-0.25, -0.2) is 4.39 Å². The van der Waals surface area contributed by atoms with E-state index in [-0.39, 0.29) is 25.1 Å². The molecule has 19 heavy (non-hydrogen) atoms. The number of aliphatic hydroxyl groups is 2. The Morgan fingerprint density at radius 3 is 2.58 bits per heavy atom. The zero-order valence-electron chi connectivity index (χ0n) is 11.2.